The second-order valence-corrected chi connectivity index (χ2v) is 9.92. The molecule has 0 aliphatic rings. The zero-order valence-corrected chi connectivity index (χ0v) is 20.7. The van der Waals surface area contributed by atoms with Crippen molar-refractivity contribution in [3.05, 3.63) is 100 Å². The zero-order valence-electron chi connectivity index (χ0n) is 19.9. The summed E-state index contributed by atoms with van der Waals surface area (Å²) in [6.07, 6.45) is 0. The van der Waals surface area contributed by atoms with Gasteiger partial charge in [0.25, 0.3) is 15.6 Å². The average molecular weight is 487 g/mol. The first-order chi connectivity index (χ1) is 16.8. The number of ether oxygens (including phenoxy) is 1. The topological polar surface area (TPSA) is 68.6 Å². The highest BCUT2D eigenvalue weighted by atomic mass is 32.2. The molecule has 0 radical (unpaired) electrons. The van der Waals surface area contributed by atoms with E-state index in [1.165, 1.54) is 14.9 Å². The predicted octanol–water partition coefficient (Wildman–Crippen LogP) is 4.49. The summed E-state index contributed by atoms with van der Waals surface area (Å²) in [4.78, 5) is 12.2. The fourth-order valence-corrected chi connectivity index (χ4v) is 5.05. The molecular weight excluding hydrogens is 460 g/mol. The van der Waals surface area contributed by atoms with E-state index in [-0.39, 0.29) is 17.0 Å². The van der Waals surface area contributed by atoms with Crippen molar-refractivity contribution in [2.75, 3.05) is 17.5 Å². The van der Waals surface area contributed by atoms with Crippen molar-refractivity contribution in [3.8, 4) is 17.6 Å². The molecule has 6 nitrogen and oxygen atoms in total. The lowest BCUT2D eigenvalue weighted by molar-refractivity contribution is 0.340. The third kappa shape index (κ3) is 5.23. The molecule has 178 valence electrons. The van der Waals surface area contributed by atoms with E-state index in [1.807, 2.05) is 38.1 Å². The van der Waals surface area contributed by atoms with Gasteiger partial charge in [0.1, 0.15) is 5.75 Å². The maximum atomic E-state index is 13.6. The highest BCUT2D eigenvalue weighted by molar-refractivity contribution is 7.92. The minimum Gasteiger partial charge on any atom is -0.494 e. The highest BCUT2D eigenvalue weighted by Gasteiger charge is 2.24. The Morgan fingerprint density at radius 1 is 0.943 bits per heavy atom. The molecule has 0 bridgehead atoms. The molecule has 0 saturated heterocycles. The van der Waals surface area contributed by atoms with Gasteiger partial charge in [-0.2, -0.15) is 0 Å². The van der Waals surface area contributed by atoms with Gasteiger partial charge in [-0.05, 0) is 74.5 Å². The molecule has 7 heteroatoms. The Labute approximate surface area is 205 Å². The van der Waals surface area contributed by atoms with Crippen LogP contribution >= 0.6 is 0 Å². The molecule has 1 aromatic heterocycles. The Kier molecular flexibility index (Phi) is 6.94. The standard InChI is InChI=1S/C28H26N2O4S/c1-4-34-25-13-9-22(10-14-25)6-5-19-30(35(32,33)26-15-7-21(2)8-16-26)24-12-17-27-23(20-24)11-18-28(31)29(27)3/h7-18,20H,4,19H2,1-3H3. The largest absolute Gasteiger partial charge is 0.494 e. The molecule has 1 heterocycles. The van der Waals surface area contributed by atoms with Crippen LogP contribution in [0.25, 0.3) is 10.9 Å². The molecular formula is C28H26N2O4S. The van der Waals surface area contributed by atoms with Gasteiger partial charge < -0.3 is 9.30 Å². The number of rotatable bonds is 6. The predicted molar refractivity (Wildman–Crippen MR) is 139 cm³/mol. The minimum atomic E-state index is -3.88. The molecule has 4 aromatic rings. The van der Waals surface area contributed by atoms with E-state index < -0.39 is 10.0 Å². The van der Waals surface area contributed by atoms with Crippen molar-refractivity contribution < 1.29 is 13.2 Å². The normalized spacial score (nSPS) is 11.1. The van der Waals surface area contributed by atoms with Crippen molar-refractivity contribution in [1.82, 2.24) is 4.57 Å². The second-order valence-electron chi connectivity index (χ2n) is 8.06. The highest BCUT2D eigenvalue weighted by Crippen LogP contribution is 2.27. The second kappa shape index (κ2) is 10.1. The van der Waals surface area contributed by atoms with Crippen LogP contribution in [0.5, 0.6) is 5.75 Å². The van der Waals surface area contributed by atoms with Gasteiger partial charge in [-0.3, -0.25) is 9.10 Å². The van der Waals surface area contributed by atoms with Gasteiger partial charge in [0.2, 0.25) is 0 Å². The van der Waals surface area contributed by atoms with Crippen molar-refractivity contribution in [2.45, 2.75) is 18.7 Å². The van der Waals surface area contributed by atoms with E-state index in [1.54, 1.807) is 55.6 Å². The fourth-order valence-electron chi connectivity index (χ4n) is 3.69. The smallest absolute Gasteiger partial charge is 0.265 e. The third-order valence-corrected chi connectivity index (χ3v) is 7.41. The monoisotopic (exact) mass is 486 g/mol. The van der Waals surface area contributed by atoms with Gasteiger partial charge in [-0.25, -0.2) is 8.42 Å². The molecule has 4 rings (SSSR count). The van der Waals surface area contributed by atoms with Gasteiger partial charge in [-0.1, -0.05) is 29.5 Å². The summed E-state index contributed by atoms with van der Waals surface area (Å²) < 4.78 is 35.6. The number of sulfonamides is 1. The van der Waals surface area contributed by atoms with E-state index in [9.17, 15) is 13.2 Å². The van der Waals surface area contributed by atoms with Crippen molar-refractivity contribution in [2.24, 2.45) is 7.05 Å². The lowest BCUT2D eigenvalue weighted by Gasteiger charge is -2.23. The molecule has 35 heavy (non-hydrogen) atoms. The van der Waals surface area contributed by atoms with E-state index >= 15 is 0 Å². The summed E-state index contributed by atoms with van der Waals surface area (Å²) in [5, 5.41) is 0.758. The molecule has 0 unspecified atom stereocenters. The number of hydrogen-bond donors (Lipinski definition) is 0. The summed E-state index contributed by atoms with van der Waals surface area (Å²) in [5.41, 5.74) is 2.79. The van der Waals surface area contributed by atoms with Crippen LogP contribution in [0, 0.1) is 18.8 Å². The summed E-state index contributed by atoms with van der Waals surface area (Å²) in [6, 6.07) is 22.5. The minimum absolute atomic E-state index is 0.0410. The summed E-state index contributed by atoms with van der Waals surface area (Å²) in [5.74, 6) is 6.81. The van der Waals surface area contributed by atoms with Crippen LogP contribution in [0.4, 0.5) is 5.69 Å². The number of aryl methyl sites for hydroxylation is 2. The van der Waals surface area contributed by atoms with Crippen LogP contribution < -0.4 is 14.6 Å². The molecule has 0 aliphatic carbocycles. The summed E-state index contributed by atoms with van der Waals surface area (Å²) in [7, 11) is -2.20. The number of benzene rings is 3. The van der Waals surface area contributed by atoms with Crippen LogP contribution in [0.2, 0.25) is 0 Å². The van der Waals surface area contributed by atoms with Crippen LogP contribution in [0.3, 0.4) is 0 Å². The van der Waals surface area contributed by atoms with Gasteiger partial charge in [0, 0.05) is 24.1 Å². The van der Waals surface area contributed by atoms with E-state index in [2.05, 4.69) is 11.8 Å². The average Bonchev–Trinajstić information content (AvgIpc) is 2.85. The quantitative estimate of drug-likeness (QED) is 0.377. The van der Waals surface area contributed by atoms with Gasteiger partial charge in [-0.15, -0.1) is 0 Å². The van der Waals surface area contributed by atoms with Crippen LogP contribution in [-0.2, 0) is 17.1 Å². The van der Waals surface area contributed by atoms with E-state index in [4.69, 9.17) is 4.74 Å². The van der Waals surface area contributed by atoms with Crippen LogP contribution in [0.15, 0.2) is 88.6 Å². The molecule has 0 fully saturated rings. The van der Waals surface area contributed by atoms with Crippen molar-refractivity contribution in [1.29, 1.82) is 0 Å². The Balaban J connectivity index is 1.74. The molecule has 0 atom stereocenters. The van der Waals surface area contributed by atoms with Crippen molar-refractivity contribution in [3.63, 3.8) is 0 Å². The first-order valence-electron chi connectivity index (χ1n) is 11.2. The molecule has 0 aliphatic heterocycles. The first kappa shape index (κ1) is 24.1. The van der Waals surface area contributed by atoms with Gasteiger partial charge >= 0.3 is 0 Å². The number of hydrogen-bond acceptors (Lipinski definition) is 4. The summed E-state index contributed by atoms with van der Waals surface area (Å²) >= 11 is 0. The van der Waals surface area contributed by atoms with Crippen LogP contribution in [0.1, 0.15) is 18.1 Å². The Morgan fingerprint density at radius 3 is 2.34 bits per heavy atom. The fraction of sp³-hybridized carbons (Fsp3) is 0.179. The van der Waals surface area contributed by atoms with E-state index in [0.717, 1.165) is 27.8 Å². The van der Waals surface area contributed by atoms with Gasteiger partial charge in [0.05, 0.1) is 29.3 Å². The van der Waals surface area contributed by atoms with E-state index in [0.29, 0.717) is 12.3 Å². The lowest BCUT2D eigenvalue weighted by Crippen LogP contribution is -2.31. The summed E-state index contributed by atoms with van der Waals surface area (Å²) in [6.45, 7) is 4.37. The number of anilines is 1. The third-order valence-electron chi connectivity index (χ3n) is 5.63. The molecule has 0 saturated carbocycles. The first-order valence-corrected chi connectivity index (χ1v) is 12.6. The number of pyridine rings is 1. The SMILES string of the molecule is CCOc1ccc(C#CCN(c2ccc3c(ccc(=O)n3C)c2)S(=O)(=O)c2ccc(C)cc2)cc1. The number of nitrogens with zero attached hydrogens (tertiary/aromatic N) is 2. The van der Waals surface area contributed by atoms with Crippen molar-refractivity contribution >= 4 is 26.6 Å². The van der Waals surface area contributed by atoms with Crippen LogP contribution in [-0.4, -0.2) is 26.1 Å². The Hall–Kier alpha value is -4.02. The number of fused-ring (bicyclic) bond motifs is 1. The molecule has 0 N–H and O–H groups in total. The molecule has 3 aromatic carbocycles. The number of aromatic nitrogens is 1. The lowest BCUT2D eigenvalue weighted by atomic mass is 10.2. The van der Waals surface area contributed by atoms with Gasteiger partial charge in [0.15, 0.2) is 0 Å². The zero-order chi connectivity index (χ0) is 25.0. The molecule has 0 spiro atoms. The molecule has 0 amide bonds. The maximum Gasteiger partial charge on any atom is 0.265 e. The maximum absolute atomic E-state index is 13.6. The Bertz CT molecular complexity index is 1580. The Morgan fingerprint density at radius 2 is 1.66 bits per heavy atom.